The molecule has 2 aliphatic rings. The Kier molecular flexibility index (Phi) is 10.7. The van der Waals surface area contributed by atoms with Crippen molar-refractivity contribution in [2.45, 2.75) is 104 Å². The maximum atomic E-state index is 5.02. The number of allylic oxidation sites excluding steroid dienone is 5. The van der Waals surface area contributed by atoms with Gasteiger partial charge in [-0.15, -0.1) is 0 Å². The van der Waals surface area contributed by atoms with Crippen molar-refractivity contribution in [3.63, 3.8) is 0 Å². The Labute approximate surface area is 215 Å². The highest BCUT2D eigenvalue weighted by Gasteiger charge is 2.24. The Hall–Kier alpha value is -2.29. The van der Waals surface area contributed by atoms with E-state index in [4.69, 9.17) is 4.99 Å². The lowest BCUT2D eigenvalue weighted by atomic mass is 9.81. The van der Waals surface area contributed by atoms with E-state index in [0.29, 0.717) is 12.0 Å². The summed E-state index contributed by atoms with van der Waals surface area (Å²) in [5.41, 5.74) is 7.91. The molecule has 1 saturated heterocycles. The Morgan fingerprint density at radius 1 is 1.11 bits per heavy atom. The van der Waals surface area contributed by atoms with Crippen LogP contribution in [0.15, 0.2) is 53.2 Å². The van der Waals surface area contributed by atoms with Gasteiger partial charge in [-0.2, -0.15) is 0 Å². The van der Waals surface area contributed by atoms with E-state index >= 15 is 0 Å². The molecule has 1 N–H and O–H groups in total. The molecule has 1 aliphatic heterocycles. The number of anilines is 1. The van der Waals surface area contributed by atoms with E-state index in [0.717, 1.165) is 24.3 Å². The van der Waals surface area contributed by atoms with Crippen molar-refractivity contribution in [1.82, 2.24) is 5.32 Å². The fraction of sp³-hybridized carbons (Fsp3) is 0.594. The fourth-order valence-corrected chi connectivity index (χ4v) is 5.52. The zero-order chi connectivity index (χ0) is 25.2. The molecule has 0 spiro atoms. The number of hydrogen-bond acceptors (Lipinski definition) is 3. The van der Waals surface area contributed by atoms with Gasteiger partial charge in [-0.1, -0.05) is 45.1 Å². The summed E-state index contributed by atoms with van der Waals surface area (Å²) in [6.45, 7) is 17.3. The monoisotopic (exact) mass is 475 g/mol. The van der Waals surface area contributed by atoms with Crippen LogP contribution < -0.4 is 10.2 Å². The van der Waals surface area contributed by atoms with Gasteiger partial charge in [0.2, 0.25) is 0 Å². The lowest BCUT2D eigenvalue weighted by molar-refractivity contribution is 0.302. The molecular formula is C32H49N3. The van der Waals surface area contributed by atoms with Gasteiger partial charge in [-0.05, 0) is 113 Å². The third kappa shape index (κ3) is 8.40. The molecule has 192 valence electrons. The average Bonchev–Trinajstić information content (AvgIpc) is 2.84. The van der Waals surface area contributed by atoms with Gasteiger partial charge in [-0.3, -0.25) is 4.99 Å². The molecule has 0 atom stereocenters. The van der Waals surface area contributed by atoms with Crippen LogP contribution in [0.4, 0.5) is 11.4 Å². The van der Waals surface area contributed by atoms with Crippen molar-refractivity contribution < 1.29 is 0 Å². The maximum Gasteiger partial charge on any atom is 0.0693 e. The van der Waals surface area contributed by atoms with Crippen molar-refractivity contribution in [3.8, 4) is 0 Å². The molecule has 35 heavy (non-hydrogen) atoms. The molecule has 0 amide bonds. The first-order valence-electron chi connectivity index (χ1n) is 14.1. The predicted molar refractivity (Wildman–Crippen MR) is 155 cm³/mol. The van der Waals surface area contributed by atoms with Gasteiger partial charge in [0, 0.05) is 36.7 Å². The molecule has 1 saturated carbocycles. The Balaban J connectivity index is 1.73. The Morgan fingerprint density at radius 3 is 2.46 bits per heavy atom. The molecule has 3 nitrogen and oxygen atoms in total. The largest absolute Gasteiger partial charge is 0.386 e. The zero-order valence-electron chi connectivity index (χ0n) is 23.1. The molecule has 0 bridgehead atoms. The van der Waals surface area contributed by atoms with Gasteiger partial charge < -0.3 is 10.2 Å². The van der Waals surface area contributed by atoms with Gasteiger partial charge in [0.1, 0.15) is 0 Å². The van der Waals surface area contributed by atoms with Crippen LogP contribution in [0.3, 0.4) is 0 Å². The highest BCUT2D eigenvalue weighted by atomic mass is 15.1. The summed E-state index contributed by atoms with van der Waals surface area (Å²) in [7, 11) is 0. The van der Waals surface area contributed by atoms with Crippen LogP contribution in [-0.2, 0) is 6.42 Å². The number of nitrogens with one attached hydrogen (secondary N) is 1. The summed E-state index contributed by atoms with van der Waals surface area (Å²) >= 11 is 0. The first-order valence-corrected chi connectivity index (χ1v) is 14.1. The zero-order valence-corrected chi connectivity index (χ0v) is 23.1. The molecule has 2 fully saturated rings. The van der Waals surface area contributed by atoms with Crippen LogP contribution in [0.25, 0.3) is 0 Å². The topological polar surface area (TPSA) is 27.6 Å². The minimum Gasteiger partial charge on any atom is -0.386 e. The van der Waals surface area contributed by atoms with Gasteiger partial charge in [0.25, 0.3) is 0 Å². The van der Waals surface area contributed by atoms with E-state index in [1.807, 2.05) is 6.92 Å². The highest BCUT2D eigenvalue weighted by Crippen LogP contribution is 2.39. The number of benzene rings is 1. The summed E-state index contributed by atoms with van der Waals surface area (Å²) < 4.78 is 0. The molecule has 0 unspecified atom stereocenters. The Bertz CT molecular complexity index is 907. The van der Waals surface area contributed by atoms with Gasteiger partial charge in [0.15, 0.2) is 0 Å². The second-order valence-corrected chi connectivity index (χ2v) is 11.1. The molecular weight excluding hydrogens is 426 g/mol. The normalized spacial score (nSPS) is 21.9. The molecule has 1 aliphatic carbocycles. The van der Waals surface area contributed by atoms with Crippen molar-refractivity contribution in [2.24, 2.45) is 10.9 Å². The van der Waals surface area contributed by atoms with Gasteiger partial charge in [0.05, 0.1) is 5.69 Å². The molecule has 1 heterocycles. The minimum atomic E-state index is 0.483. The highest BCUT2D eigenvalue weighted by molar-refractivity contribution is 5.70. The average molecular weight is 476 g/mol. The summed E-state index contributed by atoms with van der Waals surface area (Å²) in [5, 5.41) is 3.74. The molecule has 0 radical (unpaired) electrons. The van der Waals surface area contributed by atoms with Crippen molar-refractivity contribution >= 4 is 17.6 Å². The van der Waals surface area contributed by atoms with Gasteiger partial charge in [-0.25, -0.2) is 0 Å². The second-order valence-electron chi connectivity index (χ2n) is 11.1. The number of hydrogen-bond donors (Lipinski definition) is 1. The van der Waals surface area contributed by atoms with Gasteiger partial charge >= 0.3 is 0 Å². The van der Waals surface area contributed by atoms with E-state index in [2.05, 4.69) is 81.1 Å². The molecule has 0 aromatic heterocycles. The minimum absolute atomic E-state index is 0.483. The quantitative estimate of drug-likeness (QED) is 0.271. The number of piperidine rings is 1. The first kappa shape index (κ1) is 27.3. The van der Waals surface area contributed by atoms with Crippen molar-refractivity contribution in [3.05, 3.63) is 59.3 Å². The fourth-order valence-electron chi connectivity index (χ4n) is 5.52. The molecule has 1 aromatic carbocycles. The summed E-state index contributed by atoms with van der Waals surface area (Å²) in [6.07, 6.45) is 19.6. The van der Waals surface area contributed by atoms with Crippen LogP contribution in [0.2, 0.25) is 0 Å². The Morgan fingerprint density at radius 2 is 1.83 bits per heavy atom. The standard InChI is InChI=1S/C32H49N3/c1-7-18-33-32-28(22-30(23-31(32)25(4)5)35-19-9-8-10-20-35)21-27-14-16-29(17-15-27)34-26(6)13-11-12-24(2)3/h11-13,18,22-23,25,27,29,34H,2,7-10,14-17,19-21H2,1,3-6H3/b12-11-,26-13+,33-18?. The van der Waals surface area contributed by atoms with Crippen molar-refractivity contribution in [2.75, 3.05) is 18.0 Å². The van der Waals surface area contributed by atoms with Crippen LogP contribution in [0.5, 0.6) is 0 Å². The molecule has 3 heteroatoms. The molecule has 1 aromatic rings. The van der Waals surface area contributed by atoms with E-state index in [1.165, 1.54) is 86.2 Å². The van der Waals surface area contributed by atoms with Crippen LogP contribution in [-0.4, -0.2) is 25.3 Å². The number of nitrogens with zero attached hydrogens (tertiary/aromatic N) is 2. The smallest absolute Gasteiger partial charge is 0.0693 e. The van der Waals surface area contributed by atoms with E-state index in [9.17, 15) is 0 Å². The summed E-state index contributed by atoms with van der Waals surface area (Å²) in [5.74, 6) is 1.23. The van der Waals surface area contributed by atoms with Crippen molar-refractivity contribution in [1.29, 1.82) is 0 Å². The third-order valence-corrected chi connectivity index (χ3v) is 7.46. The third-order valence-electron chi connectivity index (χ3n) is 7.46. The van der Waals surface area contributed by atoms with Crippen LogP contribution in [0.1, 0.15) is 103 Å². The summed E-state index contributed by atoms with van der Waals surface area (Å²) in [4.78, 5) is 7.63. The summed E-state index contributed by atoms with van der Waals surface area (Å²) in [6, 6.07) is 5.52. The van der Waals surface area contributed by atoms with E-state index < -0.39 is 0 Å². The van der Waals surface area contributed by atoms with Crippen LogP contribution >= 0.6 is 0 Å². The second kappa shape index (κ2) is 13.7. The first-order chi connectivity index (χ1) is 16.9. The predicted octanol–water partition coefficient (Wildman–Crippen LogP) is 8.64. The lowest BCUT2D eigenvalue weighted by Gasteiger charge is -2.32. The van der Waals surface area contributed by atoms with Crippen LogP contribution in [0, 0.1) is 5.92 Å². The SMILES string of the molecule is C=C(C)/C=C\C=C(/C)NC1CCC(Cc2cc(N3CCCCC3)cc(C(C)C)c2N=CCC)CC1. The van der Waals surface area contributed by atoms with E-state index in [1.54, 1.807) is 0 Å². The molecule has 3 rings (SSSR count). The number of rotatable bonds is 10. The number of aliphatic imine (C=N–C) groups is 1. The maximum absolute atomic E-state index is 5.02. The lowest BCUT2D eigenvalue weighted by Crippen LogP contribution is -2.32. The van der Waals surface area contributed by atoms with E-state index in [-0.39, 0.29) is 0 Å².